The Balaban J connectivity index is 2.11. The number of anilines is 2. The number of hydrogen-bond acceptors (Lipinski definition) is 6. The normalized spacial score (nSPS) is 20.0. The molecule has 0 amide bonds. The summed E-state index contributed by atoms with van der Waals surface area (Å²) in [6.07, 6.45) is 0.984. The number of nitrogens with zero attached hydrogens (tertiary/aromatic N) is 3. The second-order valence-corrected chi connectivity index (χ2v) is 5.97. The molecule has 1 unspecified atom stereocenters. The molecule has 6 heteroatoms. The molecule has 2 rings (SSSR count). The Morgan fingerprint density at radius 3 is 2.74 bits per heavy atom. The summed E-state index contributed by atoms with van der Waals surface area (Å²) in [6.45, 7) is 8.20. The maximum Gasteiger partial charge on any atom is 0.222 e. The Hall–Kier alpha value is -1.40. The van der Waals surface area contributed by atoms with Crippen molar-refractivity contribution >= 4 is 11.8 Å². The van der Waals surface area contributed by atoms with E-state index in [1.165, 1.54) is 0 Å². The Morgan fingerprint density at radius 2 is 2.16 bits per heavy atom. The predicted molar refractivity (Wildman–Crippen MR) is 75.8 cm³/mol. The van der Waals surface area contributed by atoms with Crippen molar-refractivity contribution in [2.75, 3.05) is 23.7 Å². The molecule has 0 aromatic carbocycles. The highest BCUT2D eigenvalue weighted by atomic mass is 16.5. The van der Waals surface area contributed by atoms with Gasteiger partial charge in [0.15, 0.2) is 0 Å². The predicted octanol–water partition coefficient (Wildman–Crippen LogP) is 0.911. The minimum atomic E-state index is -0.199. The largest absolute Gasteiger partial charge is 0.370 e. The van der Waals surface area contributed by atoms with Gasteiger partial charge >= 0.3 is 0 Å². The van der Waals surface area contributed by atoms with Gasteiger partial charge in [-0.1, -0.05) is 0 Å². The van der Waals surface area contributed by atoms with E-state index in [4.69, 9.17) is 16.2 Å². The lowest BCUT2D eigenvalue weighted by atomic mass is 10.2. The molecule has 4 N–H and O–H groups in total. The van der Waals surface area contributed by atoms with Crippen LogP contribution in [0.2, 0.25) is 0 Å². The zero-order valence-corrected chi connectivity index (χ0v) is 11.9. The van der Waals surface area contributed by atoms with Gasteiger partial charge < -0.3 is 21.1 Å². The Morgan fingerprint density at radius 1 is 1.42 bits per heavy atom. The highest BCUT2D eigenvalue weighted by Crippen LogP contribution is 2.20. The molecule has 106 valence electrons. The van der Waals surface area contributed by atoms with Gasteiger partial charge in [-0.05, 0) is 27.2 Å². The van der Waals surface area contributed by atoms with Gasteiger partial charge in [0.05, 0.1) is 17.9 Å². The number of nitrogens with two attached hydrogens (primary N) is 2. The summed E-state index contributed by atoms with van der Waals surface area (Å²) in [4.78, 5) is 10.6. The Bertz CT molecular complexity index is 443. The third-order valence-corrected chi connectivity index (χ3v) is 2.98. The number of ether oxygens (including phenoxy) is 1. The third kappa shape index (κ3) is 4.04. The van der Waals surface area contributed by atoms with Gasteiger partial charge in [0.1, 0.15) is 5.82 Å². The maximum atomic E-state index is 5.91. The van der Waals surface area contributed by atoms with E-state index < -0.39 is 0 Å². The van der Waals surface area contributed by atoms with Crippen LogP contribution in [0, 0.1) is 0 Å². The summed E-state index contributed by atoms with van der Waals surface area (Å²) >= 11 is 0. The van der Waals surface area contributed by atoms with E-state index in [1.807, 2.05) is 26.8 Å². The van der Waals surface area contributed by atoms with Crippen LogP contribution in [0.1, 0.15) is 32.9 Å². The van der Waals surface area contributed by atoms with Crippen LogP contribution in [0.5, 0.6) is 0 Å². The van der Waals surface area contributed by atoms with E-state index in [9.17, 15) is 0 Å². The number of rotatable bonds is 3. The lowest BCUT2D eigenvalue weighted by molar-refractivity contribution is -0.0164. The molecule has 1 aromatic heterocycles. The van der Waals surface area contributed by atoms with Gasteiger partial charge in [-0.15, -0.1) is 0 Å². The van der Waals surface area contributed by atoms with Crippen LogP contribution in [-0.2, 0) is 11.3 Å². The van der Waals surface area contributed by atoms with Crippen molar-refractivity contribution in [3.8, 4) is 0 Å². The Labute approximate surface area is 114 Å². The molecule has 19 heavy (non-hydrogen) atoms. The minimum Gasteiger partial charge on any atom is -0.370 e. The summed E-state index contributed by atoms with van der Waals surface area (Å²) in [5.41, 5.74) is 12.3. The highest BCUT2D eigenvalue weighted by molar-refractivity contribution is 5.44. The fourth-order valence-electron chi connectivity index (χ4n) is 2.02. The second kappa shape index (κ2) is 5.30. The zero-order chi connectivity index (χ0) is 14.0. The Kier molecular flexibility index (Phi) is 3.91. The van der Waals surface area contributed by atoms with Crippen LogP contribution in [0.15, 0.2) is 6.07 Å². The lowest BCUT2D eigenvalue weighted by Gasteiger charge is -2.21. The molecule has 1 aromatic rings. The molecular weight excluding hydrogens is 242 g/mol. The maximum absolute atomic E-state index is 5.91. The topological polar surface area (TPSA) is 90.3 Å². The quantitative estimate of drug-likeness (QED) is 0.844. The van der Waals surface area contributed by atoms with Crippen LogP contribution in [0.25, 0.3) is 0 Å². The first-order valence-electron chi connectivity index (χ1n) is 6.61. The van der Waals surface area contributed by atoms with Gasteiger partial charge in [0.25, 0.3) is 0 Å². The van der Waals surface area contributed by atoms with Gasteiger partial charge in [0, 0.05) is 25.2 Å². The number of hydrogen-bond donors (Lipinski definition) is 2. The average Bonchev–Trinajstić information content (AvgIpc) is 2.72. The molecule has 1 saturated heterocycles. The molecule has 0 spiro atoms. The minimum absolute atomic E-state index is 0.199. The van der Waals surface area contributed by atoms with Crippen LogP contribution >= 0.6 is 0 Å². The standard InChI is InChI=1S/C13H23N5O/c1-13(2,3)19-8-10-6-11(17-12(15)16-10)18-5-4-9(14)7-18/h6,9H,4-5,7-8,14H2,1-3H3,(H2,15,16,17). The van der Waals surface area contributed by atoms with Crippen molar-refractivity contribution in [2.24, 2.45) is 5.73 Å². The molecule has 2 heterocycles. The highest BCUT2D eigenvalue weighted by Gasteiger charge is 2.21. The zero-order valence-electron chi connectivity index (χ0n) is 11.9. The number of nitrogen functional groups attached to an aromatic ring is 1. The van der Waals surface area contributed by atoms with Crippen LogP contribution < -0.4 is 16.4 Å². The van der Waals surface area contributed by atoms with E-state index in [2.05, 4.69) is 14.9 Å². The molecule has 0 aliphatic carbocycles. The first kappa shape index (κ1) is 14.0. The first-order chi connectivity index (χ1) is 8.83. The molecule has 0 radical (unpaired) electrons. The molecule has 6 nitrogen and oxygen atoms in total. The van der Waals surface area contributed by atoms with Crippen molar-refractivity contribution in [1.29, 1.82) is 0 Å². The number of aromatic nitrogens is 2. The SMILES string of the molecule is CC(C)(C)OCc1cc(N2CCC(N)C2)nc(N)n1. The average molecular weight is 265 g/mol. The summed E-state index contributed by atoms with van der Waals surface area (Å²) in [5, 5.41) is 0. The van der Waals surface area contributed by atoms with Crippen molar-refractivity contribution in [1.82, 2.24) is 9.97 Å². The van der Waals surface area contributed by atoms with E-state index >= 15 is 0 Å². The van der Waals surface area contributed by atoms with E-state index in [0.717, 1.165) is 31.0 Å². The van der Waals surface area contributed by atoms with Crippen molar-refractivity contribution in [3.63, 3.8) is 0 Å². The van der Waals surface area contributed by atoms with E-state index in [1.54, 1.807) is 0 Å². The van der Waals surface area contributed by atoms with Crippen molar-refractivity contribution in [2.45, 2.75) is 45.4 Å². The molecule has 1 aliphatic heterocycles. The monoisotopic (exact) mass is 265 g/mol. The lowest BCUT2D eigenvalue weighted by Crippen LogP contribution is -2.27. The molecule has 1 aliphatic rings. The summed E-state index contributed by atoms with van der Waals surface area (Å²) in [6, 6.07) is 2.14. The van der Waals surface area contributed by atoms with Gasteiger partial charge in [-0.2, -0.15) is 4.98 Å². The molecule has 0 bridgehead atoms. The first-order valence-corrected chi connectivity index (χ1v) is 6.61. The van der Waals surface area contributed by atoms with Crippen molar-refractivity contribution < 1.29 is 4.74 Å². The van der Waals surface area contributed by atoms with E-state index in [0.29, 0.717) is 6.61 Å². The molecule has 1 fully saturated rings. The molecular formula is C13H23N5O. The smallest absolute Gasteiger partial charge is 0.222 e. The fourth-order valence-corrected chi connectivity index (χ4v) is 2.02. The van der Waals surface area contributed by atoms with Crippen LogP contribution in [0.3, 0.4) is 0 Å². The van der Waals surface area contributed by atoms with Gasteiger partial charge in [-0.3, -0.25) is 0 Å². The van der Waals surface area contributed by atoms with Crippen LogP contribution in [0.4, 0.5) is 11.8 Å². The summed E-state index contributed by atoms with van der Waals surface area (Å²) in [5.74, 6) is 1.12. The van der Waals surface area contributed by atoms with E-state index in [-0.39, 0.29) is 17.6 Å². The summed E-state index contributed by atoms with van der Waals surface area (Å²) < 4.78 is 5.72. The second-order valence-electron chi connectivity index (χ2n) is 5.97. The van der Waals surface area contributed by atoms with Gasteiger partial charge in [-0.25, -0.2) is 4.98 Å². The fraction of sp³-hybridized carbons (Fsp3) is 0.692. The third-order valence-electron chi connectivity index (χ3n) is 2.98. The summed E-state index contributed by atoms with van der Waals surface area (Å²) in [7, 11) is 0. The molecule has 1 atom stereocenters. The van der Waals surface area contributed by atoms with Crippen molar-refractivity contribution in [3.05, 3.63) is 11.8 Å². The van der Waals surface area contributed by atoms with Gasteiger partial charge in [0.2, 0.25) is 5.95 Å². The van der Waals surface area contributed by atoms with Crippen LogP contribution in [-0.4, -0.2) is 34.7 Å². The molecule has 0 saturated carbocycles.